The topological polar surface area (TPSA) is 248 Å². The quantitative estimate of drug-likeness (QED) is 0.0188. The third-order valence-electron chi connectivity index (χ3n) is 18.2. The number of carbonyl (C=O) groups excluding carboxylic acids is 8. The molecule has 0 saturated heterocycles. The number of aromatic amines is 4. The van der Waals surface area contributed by atoms with Crippen LogP contribution in [0, 0.1) is 13.8 Å². The van der Waals surface area contributed by atoms with E-state index in [-0.39, 0.29) is 46.8 Å². The summed E-state index contributed by atoms with van der Waals surface area (Å²) >= 11 is 7.43. The van der Waals surface area contributed by atoms with Gasteiger partial charge in [-0.15, -0.1) is 11.3 Å². The number of carbonyl (C=O) groups is 8. The van der Waals surface area contributed by atoms with E-state index in [1.165, 1.54) is 24.3 Å². The summed E-state index contributed by atoms with van der Waals surface area (Å²) in [5, 5.41) is 17.7. The smallest absolute Gasteiger partial charge is 0.248 e. The number of fused-ring (bicyclic) bond motifs is 4. The van der Waals surface area contributed by atoms with Crippen LogP contribution in [0.15, 0.2) is 259 Å². The van der Waals surface area contributed by atoms with Crippen LogP contribution in [0.5, 0.6) is 0 Å². The third kappa shape index (κ3) is 27.0. The van der Waals surface area contributed by atoms with Gasteiger partial charge in [-0.3, -0.25) is 38.4 Å². The van der Waals surface area contributed by atoms with Crippen molar-refractivity contribution in [3.63, 3.8) is 0 Å². The van der Waals surface area contributed by atoms with Crippen molar-refractivity contribution in [2.45, 2.75) is 119 Å². The fourth-order valence-corrected chi connectivity index (χ4v) is 12.5. The van der Waals surface area contributed by atoms with Crippen molar-refractivity contribution < 1.29 is 38.4 Å². The van der Waals surface area contributed by atoms with Gasteiger partial charge in [-0.2, -0.15) is 0 Å². The Labute approximate surface area is 675 Å². The molecule has 0 fully saturated rings. The number of H-pyrrole nitrogens is 4. The fraction of sp³-hybridized carbons (Fsp3) is 0.188. The zero-order chi connectivity index (χ0) is 81.0. The van der Waals surface area contributed by atoms with Gasteiger partial charge in [0, 0.05) is 151 Å². The first-order valence-electron chi connectivity index (χ1n) is 38.5. The van der Waals surface area contributed by atoms with Crippen molar-refractivity contribution in [2.24, 2.45) is 0 Å². The Morgan fingerprint density at radius 1 is 0.333 bits per heavy atom. The van der Waals surface area contributed by atoms with E-state index in [2.05, 4.69) is 41.2 Å². The van der Waals surface area contributed by atoms with E-state index < -0.39 is 0 Å². The third-order valence-corrected chi connectivity index (χ3v) is 19.3. The minimum absolute atomic E-state index is 0.0556. The molecule has 0 spiro atoms. The average Bonchev–Trinajstić information content (AvgIpc) is 1.70. The molecule has 0 aliphatic rings. The summed E-state index contributed by atoms with van der Waals surface area (Å²) < 4.78 is 0. The average molecular weight is 1560 g/mol. The molecule has 0 radical (unpaired) electrons. The standard InChI is InChI=1S/2C25H26N2O2.C24H23ClN2O2.C22H22N2O2S/c2*1-3-4-9-24(28)23(16-20-17-26-22-8-6-5-7-21(20)22)27-25(29)15-14-19-12-10-18(2)11-13-19;1-2-3-8-23(28)22(15-18-16-26-21-7-5-4-6-20(18)21)27-24(29)14-11-17-9-12-19(25)13-10-17;1-2-3-10-21(25)20(24-22(26)12-11-17-7-6-13-27-17)14-16-15-23-19-9-5-4-8-18(16)19/h2*5-8,10-17,26H,3-4,9H2,1-2H3,(H,27,29);4-7,9-16,26H,2-3,8H2,1H3,(H,27,29);4-9,11-15,23H,2-3,10H2,1H3,(H,24,26)/b2*15-14+,23-16-;14-11+,22-15-;12-11+,20-14-. The van der Waals surface area contributed by atoms with Crippen LogP contribution >= 0.6 is 22.9 Å². The van der Waals surface area contributed by atoms with Crippen molar-refractivity contribution >= 4 is 162 Å². The number of hydrogen-bond acceptors (Lipinski definition) is 9. The molecule has 16 nitrogen and oxygen atoms in total. The number of allylic oxidation sites excluding steroid dienone is 4. The number of para-hydroxylation sites is 4. The molecule has 0 aliphatic carbocycles. The summed E-state index contributed by atoms with van der Waals surface area (Å²) in [6.45, 7) is 12.2. The molecule has 0 atom stereocenters. The Balaban J connectivity index is 0.000000174. The SMILES string of the molecule is CCCCC(=O)/C(=C/c1c[nH]c2ccccc12)NC(=O)/C=C/c1ccc(C)cc1.CCCCC(=O)/C(=C/c1c[nH]c2ccccc12)NC(=O)/C=C/c1ccc(C)cc1.CCCCC(=O)/C(=C/c1c[nH]c2ccccc12)NC(=O)/C=C/c1ccc(Cl)cc1.CCCCC(=O)/C(=C/c1c[nH]c2ccccc12)NC(=O)/C=C/c1cccs1. The van der Waals surface area contributed by atoms with Crippen LogP contribution in [0.3, 0.4) is 0 Å². The predicted molar refractivity (Wildman–Crippen MR) is 470 cm³/mol. The molecule has 12 rings (SSSR count). The number of unbranched alkanes of at least 4 members (excludes halogenated alkanes) is 4. The summed E-state index contributed by atoms with van der Waals surface area (Å²) in [5.41, 5.74) is 13.8. The van der Waals surface area contributed by atoms with Crippen molar-refractivity contribution in [3.05, 3.63) is 319 Å². The molecule has 0 bridgehead atoms. The molecular formula is C96H97ClN8O8S. The zero-order valence-electron chi connectivity index (χ0n) is 65.2. The fourth-order valence-electron chi connectivity index (χ4n) is 11.8. The van der Waals surface area contributed by atoms with Crippen LogP contribution in [-0.4, -0.2) is 66.7 Å². The van der Waals surface area contributed by atoms with E-state index in [0.717, 1.165) is 150 Å². The highest BCUT2D eigenvalue weighted by Crippen LogP contribution is 2.26. The van der Waals surface area contributed by atoms with E-state index in [1.54, 1.807) is 72.1 Å². The molecule has 0 unspecified atom stereocenters. The Morgan fingerprint density at radius 3 is 0.860 bits per heavy atom. The lowest BCUT2D eigenvalue weighted by Crippen LogP contribution is -2.25. The maximum Gasteiger partial charge on any atom is 0.248 e. The molecule has 0 saturated carbocycles. The molecule has 5 aromatic heterocycles. The van der Waals surface area contributed by atoms with Gasteiger partial charge in [-0.25, -0.2) is 0 Å². The van der Waals surface area contributed by atoms with Gasteiger partial charge in [0.25, 0.3) is 0 Å². The number of halogens is 1. The van der Waals surface area contributed by atoms with Gasteiger partial charge in [0.05, 0.1) is 22.8 Å². The van der Waals surface area contributed by atoms with Crippen LogP contribution in [0.4, 0.5) is 0 Å². The van der Waals surface area contributed by atoms with Gasteiger partial charge in [0.2, 0.25) is 23.6 Å². The maximum absolute atomic E-state index is 12.7. The normalized spacial score (nSPS) is 11.9. The highest BCUT2D eigenvalue weighted by molar-refractivity contribution is 7.10. The Hall–Kier alpha value is -12.8. The molecule has 582 valence electrons. The second kappa shape index (κ2) is 44.9. The number of nitrogens with one attached hydrogen (secondary N) is 8. The molecule has 0 aliphatic heterocycles. The zero-order valence-corrected chi connectivity index (χ0v) is 66.7. The van der Waals surface area contributed by atoms with Crippen LogP contribution in [0.1, 0.15) is 160 Å². The number of aryl methyl sites for hydroxylation is 2. The molecule has 18 heteroatoms. The van der Waals surface area contributed by atoms with Crippen LogP contribution in [0.2, 0.25) is 5.02 Å². The molecule has 7 aromatic carbocycles. The minimum atomic E-state index is -0.351. The number of benzene rings is 7. The summed E-state index contributed by atoms with van der Waals surface area (Å²) in [7, 11) is 0. The number of aromatic nitrogens is 4. The summed E-state index contributed by atoms with van der Waals surface area (Å²) in [5.74, 6) is -1.55. The second-order valence-corrected chi connectivity index (χ2v) is 28.6. The van der Waals surface area contributed by atoms with Gasteiger partial charge in [0.15, 0.2) is 23.1 Å². The van der Waals surface area contributed by atoms with Crippen molar-refractivity contribution in [3.8, 4) is 0 Å². The maximum atomic E-state index is 12.7. The molecular weight excluding hydrogens is 1460 g/mol. The summed E-state index contributed by atoms with van der Waals surface area (Å²) in [4.78, 5) is 114. The predicted octanol–water partition coefficient (Wildman–Crippen LogP) is 21.7. The summed E-state index contributed by atoms with van der Waals surface area (Å²) in [6, 6.07) is 58.3. The van der Waals surface area contributed by atoms with Crippen LogP contribution in [0.25, 0.3) is 92.2 Å². The van der Waals surface area contributed by atoms with E-state index in [0.29, 0.717) is 53.5 Å². The Bertz CT molecular complexity index is 5110. The molecule has 4 amide bonds. The van der Waals surface area contributed by atoms with Crippen molar-refractivity contribution in [1.29, 1.82) is 0 Å². The van der Waals surface area contributed by atoms with Crippen molar-refractivity contribution in [1.82, 2.24) is 41.2 Å². The van der Waals surface area contributed by atoms with Crippen molar-refractivity contribution in [2.75, 3.05) is 0 Å². The minimum Gasteiger partial charge on any atom is -0.361 e. The summed E-state index contributed by atoms with van der Waals surface area (Å²) in [6.07, 6.45) is 35.6. The van der Waals surface area contributed by atoms with Gasteiger partial charge in [-0.1, -0.05) is 216 Å². The van der Waals surface area contributed by atoms with E-state index in [4.69, 9.17) is 11.6 Å². The number of thiophene rings is 1. The van der Waals surface area contributed by atoms with Gasteiger partial charge in [0.1, 0.15) is 0 Å². The Morgan fingerprint density at radius 2 is 0.596 bits per heavy atom. The molecule has 12 aromatic rings. The van der Waals surface area contributed by atoms with Gasteiger partial charge < -0.3 is 41.2 Å². The number of ketones is 4. The van der Waals surface area contributed by atoms with Gasteiger partial charge in [-0.05, 0) is 153 Å². The van der Waals surface area contributed by atoms with Crippen LogP contribution < -0.4 is 21.3 Å². The largest absolute Gasteiger partial charge is 0.361 e. The number of amides is 4. The van der Waals surface area contributed by atoms with E-state index in [9.17, 15) is 38.4 Å². The number of Topliss-reactive ketones (excluding diaryl/α,β-unsaturated/α-hetero) is 4. The Kier molecular flexibility index (Phi) is 33.5. The number of rotatable bonds is 32. The first-order valence-corrected chi connectivity index (χ1v) is 39.8. The lowest BCUT2D eigenvalue weighted by molar-refractivity contribution is -0.120. The first-order chi connectivity index (χ1) is 55.4. The number of hydrogen-bond donors (Lipinski definition) is 8. The molecule has 8 N–H and O–H groups in total. The van der Waals surface area contributed by atoms with Crippen LogP contribution in [-0.2, 0) is 38.4 Å². The lowest BCUT2D eigenvalue weighted by atomic mass is 10.1. The first kappa shape index (κ1) is 85.2. The highest BCUT2D eigenvalue weighted by Gasteiger charge is 2.18. The highest BCUT2D eigenvalue weighted by atomic mass is 35.5. The van der Waals surface area contributed by atoms with E-state index in [1.807, 2.05) is 242 Å². The second-order valence-electron chi connectivity index (χ2n) is 27.2. The monoisotopic (exact) mass is 1560 g/mol. The molecule has 114 heavy (non-hydrogen) atoms. The van der Waals surface area contributed by atoms with E-state index >= 15 is 0 Å². The lowest BCUT2D eigenvalue weighted by Gasteiger charge is -2.07. The van der Waals surface area contributed by atoms with Gasteiger partial charge >= 0.3 is 0 Å². The molecule has 5 heterocycles.